The van der Waals surface area contributed by atoms with E-state index in [1.807, 2.05) is 24.3 Å². The minimum atomic E-state index is -3.17. The van der Waals surface area contributed by atoms with Crippen LogP contribution in [-0.2, 0) is 19.6 Å². The third-order valence-electron chi connectivity index (χ3n) is 5.37. The van der Waals surface area contributed by atoms with Gasteiger partial charge in [-0.3, -0.25) is 4.79 Å². The fraction of sp³-hybridized carbons (Fsp3) is 0.632. The fourth-order valence-corrected chi connectivity index (χ4v) is 4.57. The Morgan fingerprint density at radius 1 is 1.15 bits per heavy atom. The number of nitrogens with one attached hydrogen (secondary N) is 1. The smallest absolute Gasteiger partial charge is 0.227 e. The second-order valence-electron chi connectivity index (χ2n) is 7.62. The van der Waals surface area contributed by atoms with Gasteiger partial charge in [0, 0.05) is 43.0 Å². The number of piperidine rings is 1. The van der Waals surface area contributed by atoms with E-state index in [1.54, 1.807) is 0 Å². The van der Waals surface area contributed by atoms with Crippen molar-refractivity contribution in [3.63, 3.8) is 0 Å². The molecule has 7 nitrogen and oxygen atoms in total. The highest BCUT2D eigenvalue weighted by atomic mass is 32.2. The molecule has 0 radical (unpaired) electrons. The predicted molar refractivity (Wildman–Crippen MR) is 106 cm³/mol. The lowest BCUT2D eigenvalue weighted by molar-refractivity contribution is -0.120. The van der Waals surface area contributed by atoms with Crippen molar-refractivity contribution in [2.75, 3.05) is 42.7 Å². The molecule has 2 unspecified atom stereocenters. The third-order valence-corrected chi connectivity index (χ3v) is 6.67. The fourth-order valence-electron chi connectivity index (χ4n) is 3.69. The first kappa shape index (κ1) is 20.1. The van der Waals surface area contributed by atoms with Gasteiger partial charge < -0.3 is 15.0 Å². The van der Waals surface area contributed by atoms with Crippen molar-refractivity contribution in [2.24, 2.45) is 5.92 Å². The highest BCUT2D eigenvalue weighted by Crippen LogP contribution is 2.25. The SMILES string of the molecule is CC1CN(c2ccc(NC(=O)C3CCN(S(C)(=O)=O)CC3)cc2)C(C)CO1. The van der Waals surface area contributed by atoms with E-state index in [1.165, 1.54) is 10.6 Å². The van der Waals surface area contributed by atoms with Crippen LogP contribution >= 0.6 is 0 Å². The Hall–Kier alpha value is -1.64. The number of amides is 1. The van der Waals surface area contributed by atoms with Crippen molar-refractivity contribution in [1.29, 1.82) is 0 Å². The van der Waals surface area contributed by atoms with Crippen LogP contribution in [0.2, 0.25) is 0 Å². The molecule has 1 aromatic rings. The maximum absolute atomic E-state index is 12.5. The summed E-state index contributed by atoms with van der Waals surface area (Å²) < 4.78 is 30.3. The maximum atomic E-state index is 12.5. The number of sulfonamides is 1. The summed E-state index contributed by atoms with van der Waals surface area (Å²) in [4.78, 5) is 14.8. The first-order valence-electron chi connectivity index (χ1n) is 9.48. The number of rotatable bonds is 4. The van der Waals surface area contributed by atoms with Crippen molar-refractivity contribution in [1.82, 2.24) is 4.31 Å². The van der Waals surface area contributed by atoms with Crippen molar-refractivity contribution in [3.8, 4) is 0 Å². The number of benzene rings is 1. The Balaban J connectivity index is 1.56. The lowest BCUT2D eigenvalue weighted by Crippen LogP contribution is -2.47. The average Bonchev–Trinajstić information content (AvgIpc) is 2.64. The Morgan fingerprint density at radius 2 is 1.78 bits per heavy atom. The van der Waals surface area contributed by atoms with E-state index in [2.05, 4.69) is 24.1 Å². The summed E-state index contributed by atoms with van der Waals surface area (Å²) in [5, 5.41) is 2.97. The first-order chi connectivity index (χ1) is 12.7. The highest BCUT2D eigenvalue weighted by Gasteiger charge is 2.29. The molecule has 3 rings (SSSR count). The molecular formula is C19H29N3O4S. The Bertz CT molecular complexity index is 758. The summed E-state index contributed by atoms with van der Waals surface area (Å²) in [6.07, 6.45) is 2.53. The topological polar surface area (TPSA) is 79.0 Å². The average molecular weight is 396 g/mol. The van der Waals surface area contributed by atoms with Crippen molar-refractivity contribution in [3.05, 3.63) is 24.3 Å². The molecule has 2 saturated heterocycles. The zero-order valence-corrected chi connectivity index (χ0v) is 17.0. The molecule has 0 aliphatic carbocycles. The molecule has 0 aromatic heterocycles. The molecular weight excluding hydrogens is 366 g/mol. The normalized spacial score (nSPS) is 25.4. The van der Waals surface area contributed by atoms with E-state index in [0.29, 0.717) is 38.6 Å². The van der Waals surface area contributed by atoms with Crippen LogP contribution in [0.1, 0.15) is 26.7 Å². The Kier molecular flexibility index (Phi) is 6.08. The van der Waals surface area contributed by atoms with Crippen LogP contribution in [0.5, 0.6) is 0 Å². The molecule has 0 saturated carbocycles. The summed E-state index contributed by atoms with van der Waals surface area (Å²) in [6.45, 7) is 6.59. The number of nitrogens with zero attached hydrogens (tertiary/aromatic N) is 2. The van der Waals surface area contributed by atoms with E-state index >= 15 is 0 Å². The summed E-state index contributed by atoms with van der Waals surface area (Å²) in [6, 6.07) is 8.21. The van der Waals surface area contributed by atoms with Gasteiger partial charge in [0.05, 0.1) is 19.0 Å². The van der Waals surface area contributed by atoms with Gasteiger partial charge in [-0.05, 0) is 51.0 Å². The standard InChI is InChI=1S/C19H29N3O4S/c1-14-13-26-15(2)12-22(14)18-6-4-17(5-7-18)20-19(23)16-8-10-21(11-9-16)27(3,24)25/h4-7,14-16H,8-13H2,1-3H3,(H,20,23). The lowest BCUT2D eigenvalue weighted by atomic mass is 9.97. The Labute approximate surface area is 161 Å². The molecule has 2 heterocycles. The van der Waals surface area contributed by atoms with Crippen LogP contribution in [0.3, 0.4) is 0 Å². The summed E-state index contributed by atoms with van der Waals surface area (Å²) in [5.41, 5.74) is 1.89. The van der Waals surface area contributed by atoms with Gasteiger partial charge in [-0.2, -0.15) is 0 Å². The second kappa shape index (κ2) is 8.16. The first-order valence-corrected chi connectivity index (χ1v) is 11.3. The highest BCUT2D eigenvalue weighted by molar-refractivity contribution is 7.88. The molecule has 0 spiro atoms. The van der Waals surface area contributed by atoms with Gasteiger partial charge in [-0.25, -0.2) is 12.7 Å². The molecule has 150 valence electrons. The summed E-state index contributed by atoms with van der Waals surface area (Å²) >= 11 is 0. The number of hydrogen-bond donors (Lipinski definition) is 1. The van der Waals surface area contributed by atoms with Crippen LogP contribution in [-0.4, -0.2) is 63.3 Å². The zero-order valence-electron chi connectivity index (χ0n) is 16.2. The van der Waals surface area contributed by atoms with Crippen molar-refractivity contribution >= 4 is 27.3 Å². The van der Waals surface area contributed by atoms with Crippen LogP contribution in [0.25, 0.3) is 0 Å². The quantitative estimate of drug-likeness (QED) is 0.843. The monoisotopic (exact) mass is 395 g/mol. The summed E-state index contributed by atoms with van der Waals surface area (Å²) in [5.74, 6) is -0.188. The molecule has 1 N–H and O–H groups in total. The number of ether oxygens (including phenoxy) is 1. The van der Waals surface area contributed by atoms with Crippen LogP contribution in [0.15, 0.2) is 24.3 Å². The van der Waals surface area contributed by atoms with E-state index in [-0.39, 0.29) is 17.9 Å². The summed E-state index contributed by atoms with van der Waals surface area (Å²) in [7, 11) is -3.17. The number of hydrogen-bond acceptors (Lipinski definition) is 5. The molecule has 27 heavy (non-hydrogen) atoms. The van der Waals surface area contributed by atoms with Gasteiger partial charge in [0.1, 0.15) is 0 Å². The van der Waals surface area contributed by atoms with E-state index < -0.39 is 10.0 Å². The molecule has 2 fully saturated rings. The largest absolute Gasteiger partial charge is 0.375 e. The molecule has 2 aliphatic heterocycles. The van der Waals surface area contributed by atoms with E-state index in [0.717, 1.165) is 17.9 Å². The predicted octanol–water partition coefficient (Wildman–Crippen LogP) is 1.91. The Morgan fingerprint density at radius 3 is 2.37 bits per heavy atom. The van der Waals surface area contributed by atoms with Crippen molar-refractivity contribution in [2.45, 2.75) is 38.8 Å². The van der Waals surface area contributed by atoms with E-state index in [4.69, 9.17) is 4.74 Å². The maximum Gasteiger partial charge on any atom is 0.227 e. The van der Waals surface area contributed by atoms with Crippen LogP contribution in [0, 0.1) is 5.92 Å². The van der Waals surface area contributed by atoms with Crippen LogP contribution < -0.4 is 10.2 Å². The zero-order chi connectivity index (χ0) is 19.6. The number of carbonyl (C=O) groups excluding carboxylic acids is 1. The molecule has 0 bridgehead atoms. The lowest BCUT2D eigenvalue weighted by Gasteiger charge is -2.38. The molecule has 2 atom stereocenters. The molecule has 8 heteroatoms. The van der Waals surface area contributed by atoms with Crippen LogP contribution in [0.4, 0.5) is 11.4 Å². The van der Waals surface area contributed by atoms with Gasteiger partial charge in [-0.1, -0.05) is 0 Å². The number of morpholine rings is 1. The van der Waals surface area contributed by atoms with Gasteiger partial charge in [0.15, 0.2) is 0 Å². The third kappa shape index (κ3) is 5.00. The molecule has 1 aromatic carbocycles. The minimum absolute atomic E-state index is 0.0377. The van der Waals surface area contributed by atoms with Gasteiger partial charge in [0.2, 0.25) is 15.9 Å². The van der Waals surface area contributed by atoms with E-state index in [9.17, 15) is 13.2 Å². The number of anilines is 2. The van der Waals surface area contributed by atoms with Crippen molar-refractivity contribution < 1.29 is 17.9 Å². The van der Waals surface area contributed by atoms with Gasteiger partial charge in [0.25, 0.3) is 0 Å². The van der Waals surface area contributed by atoms with Gasteiger partial charge >= 0.3 is 0 Å². The minimum Gasteiger partial charge on any atom is -0.375 e. The second-order valence-corrected chi connectivity index (χ2v) is 9.60. The van der Waals surface area contributed by atoms with Gasteiger partial charge in [-0.15, -0.1) is 0 Å². The number of carbonyl (C=O) groups is 1. The molecule has 2 aliphatic rings. The molecule has 1 amide bonds.